The Hall–Kier alpha value is -1.40. The van der Waals surface area contributed by atoms with Crippen molar-refractivity contribution in [3.63, 3.8) is 0 Å². The summed E-state index contributed by atoms with van der Waals surface area (Å²) < 4.78 is 16.3. The Kier molecular flexibility index (Phi) is 8.42. The van der Waals surface area contributed by atoms with Gasteiger partial charge in [0.05, 0.1) is 14.2 Å². The Labute approximate surface area is 146 Å². The first-order valence-corrected chi connectivity index (χ1v) is 11.4. The fourth-order valence-electron chi connectivity index (χ4n) is 2.82. The highest BCUT2D eigenvalue weighted by Crippen LogP contribution is 2.24. The van der Waals surface area contributed by atoms with Crippen LogP contribution in [0.25, 0.3) is 0 Å². The van der Waals surface area contributed by atoms with Gasteiger partial charge in [-0.1, -0.05) is 56.8 Å². The van der Waals surface area contributed by atoms with E-state index in [1.165, 1.54) is 32.0 Å². The van der Waals surface area contributed by atoms with E-state index in [4.69, 9.17) is 14.2 Å². The van der Waals surface area contributed by atoms with Gasteiger partial charge in [0, 0.05) is 13.8 Å². The zero-order valence-electron chi connectivity index (χ0n) is 15.4. The second-order valence-corrected chi connectivity index (χ2v) is 11.4. The fraction of sp³-hybridized carbons (Fsp3) is 0.667. The molecular weight excluding hydrogens is 324 g/mol. The number of carbonyl (C=O) groups excluding carboxylic acids is 2. The van der Waals surface area contributed by atoms with Gasteiger partial charge in [0.15, 0.2) is 0 Å². The second-order valence-electron chi connectivity index (χ2n) is 6.18. The molecule has 0 aliphatic carbocycles. The summed E-state index contributed by atoms with van der Waals surface area (Å²) >= 11 is 0. The minimum atomic E-state index is -1.37. The summed E-state index contributed by atoms with van der Waals surface area (Å²) in [6.07, 6.45) is 4.61. The monoisotopic (exact) mass is 354 g/mol. The largest absolute Gasteiger partial charge is 0.463 e. The molecule has 0 saturated carbocycles. The lowest BCUT2D eigenvalue weighted by atomic mass is 10.1. The smallest absolute Gasteiger partial charge is 0.303 e. The number of hydrogen-bond donors (Lipinski definition) is 0. The molecule has 5 nitrogen and oxygen atoms in total. The molecule has 0 N–H and O–H groups in total. The Morgan fingerprint density at radius 3 is 2.21 bits per heavy atom. The van der Waals surface area contributed by atoms with Gasteiger partial charge in [-0.25, -0.2) is 0 Å². The third kappa shape index (κ3) is 6.24. The summed E-state index contributed by atoms with van der Waals surface area (Å²) in [5, 5.41) is 0. The number of hydrogen-bond acceptors (Lipinski definition) is 5. The molecule has 0 aromatic heterocycles. The first-order chi connectivity index (χ1) is 11.4. The van der Waals surface area contributed by atoms with Crippen LogP contribution in [0.4, 0.5) is 0 Å². The van der Waals surface area contributed by atoms with Crippen molar-refractivity contribution < 1.29 is 23.8 Å². The van der Waals surface area contributed by atoms with E-state index in [1.54, 1.807) is 0 Å². The van der Waals surface area contributed by atoms with Gasteiger partial charge in [0.1, 0.15) is 18.8 Å². The zero-order chi connectivity index (χ0) is 18.2. The van der Waals surface area contributed by atoms with Gasteiger partial charge in [-0.05, 0) is 6.08 Å². The van der Waals surface area contributed by atoms with Crippen LogP contribution in [0, 0.1) is 0 Å². The highest BCUT2D eigenvalue weighted by molar-refractivity contribution is 6.84. The Bertz CT molecular complexity index is 474. The second kappa shape index (κ2) is 9.79. The van der Waals surface area contributed by atoms with Crippen LogP contribution < -0.4 is 0 Å². The van der Waals surface area contributed by atoms with Crippen LogP contribution in [0.2, 0.25) is 18.1 Å². The average Bonchev–Trinajstić information content (AvgIpc) is 2.55. The molecule has 1 heterocycles. The van der Waals surface area contributed by atoms with E-state index in [0.29, 0.717) is 0 Å². The summed E-state index contributed by atoms with van der Waals surface area (Å²) in [5.74, 6) is -0.763. The third-order valence-electron chi connectivity index (χ3n) is 4.69. The molecular formula is C18H30O5Si. The SMILES string of the molecule is CC[Si](/C=C/[C@@H]1C=C[C@H](OC(C)=O)[C@@H](COC(C)=O)O1)(CC)CC. The van der Waals surface area contributed by atoms with Crippen LogP contribution in [-0.2, 0) is 23.8 Å². The molecule has 0 bridgehead atoms. The molecule has 0 fully saturated rings. The van der Waals surface area contributed by atoms with E-state index in [-0.39, 0.29) is 24.6 Å². The highest BCUT2D eigenvalue weighted by atomic mass is 28.3. The summed E-state index contributed by atoms with van der Waals surface area (Å²) in [4.78, 5) is 22.3. The van der Waals surface area contributed by atoms with Crippen molar-refractivity contribution in [2.75, 3.05) is 6.61 Å². The molecule has 0 aromatic rings. The van der Waals surface area contributed by atoms with Gasteiger partial charge in [0.25, 0.3) is 0 Å². The van der Waals surface area contributed by atoms with Gasteiger partial charge in [0.2, 0.25) is 0 Å². The Morgan fingerprint density at radius 1 is 1.08 bits per heavy atom. The molecule has 3 atom stereocenters. The Morgan fingerprint density at radius 2 is 1.71 bits per heavy atom. The standard InChI is InChI=1S/C18H30O5Si/c1-6-24(7-2,8-3)12-11-16-9-10-17(22-15(5)20)18(23-16)13-21-14(4)19/h9-12,16-18H,6-8,13H2,1-5H3/b12-11+/t16-,17-,18+/m0/s1. The van der Waals surface area contributed by atoms with Crippen molar-refractivity contribution in [2.24, 2.45) is 0 Å². The maximum atomic E-state index is 11.2. The number of esters is 2. The molecule has 1 aliphatic heterocycles. The van der Waals surface area contributed by atoms with E-state index >= 15 is 0 Å². The Balaban J connectivity index is 2.83. The summed E-state index contributed by atoms with van der Waals surface area (Å²) in [6, 6.07) is 3.62. The third-order valence-corrected chi connectivity index (χ3v) is 9.82. The lowest BCUT2D eigenvalue weighted by Gasteiger charge is -2.31. The molecule has 0 unspecified atom stereocenters. The fourth-order valence-corrected chi connectivity index (χ4v) is 5.63. The number of ether oxygens (including phenoxy) is 3. The van der Waals surface area contributed by atoms with Crippen LogP contribution in [-0.4, -0.2) is 44.9 Å². The maximum absolute atomic E-state index is 11.2. The van der Waals surface area contributed by atoms with E-state index in [9.17, 15) is 9.59 Å². The molecule has 0 amide bonds. The lowest BCUT2D eigenvalue weighted by Crippen LogP contribution is -2.41. The summed E-state index contributed by atoms with van der Waals surface area (Å²) in [7, 11) is -1.37. The van der Waals surface area contributed by atoms with E-state index in [2.05, 4.69) is 32.5 Å². The molecule has 1 aliphatic rings. The van der Waals surface area contributed by atoms with Crippen LogP contribution in [0.1, 0.15) is 34.6 Å². The van der Waals surface area contributed by atoms with Crippen LogP contribution in [0.15, 0.2) is 23.9 Å². The molecule has 6 heteroatoms. The molecule has 0 radical (unpaired) electrons. The van der Waals surface area contributed by atoms with Crippen molar-refractivity contribution in [2.45, 2.75) is 71.1 Å². The van der Waals surface area contributed by atoms with E-state index < -0.39 is 20.3 Å². The van der Waals surface area contributed by atoms with Crippen LogP contribution in [0.3, 0.4) is 0 Å². The topological polar surface area (TPSA) is 61.8 Å². The number of rotatable bonds is 8. The predicted octanol–water partition coefficient (Wildman–Crippen LogP) is 3.41. The van der Waals surface area contributed by atoms with Crippen molar-refractivity contribution in [3.8, 4) is 0 Å². The van der Waals surface area contributed by atoms with E-state index in [0.717, 1.165) is 0 Å². The van der Waals surface area contributed by atoms with Crippen molar-refractivity contribution in [1.82, 2.24) is 0 Å². The van der Waals surface area contributed by atoms with Crippen molar-refractivity contribution >= 4 is 20.0 Å². The quantitative estimate of drug-likeness (QED) is 0.380. The van der Waals surface area contributed by atoms with Gasteiger partial charge < -0.3 is 14.2 Å². The van der Waals surface area contributed by atoms with Gasteiger partial charge in [-0.15, -0.1) is 0 Å². The first kappa shape index (κ1) is 20.6. The highest BCUT2D eigenvalue weighted by Gasteiger charge is 2.30. The van der Waals surface area contributed by atoms with Gasteiger partial charge in [-0.2, -0.15) is 0 Å². The number of carbonyl (C=O) groups is 2. The van der Waals surface area contributed by atoms with Crippen LogP contribution in [0.5, 0.6) is 0 Å². The zero-order valence-corrected chi connectivity index (χ0v) is 16.4. The normalized spacial score (nSPS) is 24.1. The molecule has 1 rings (SSSR count). The summed E-state index contributed by atoms with van der Waals surface area (Å²) in [5.41, 5.74) is 2.36. The molecule has 0 saturated heterocycles. The maximum Gasteiger partial charge on any atom is 0.303 e. The summed E-state index contributed by atoms with van der Waals surface area (Å²) in [6.45, 7) is 9.52. The van der Waals surface area contributed by atoms with Gasteiger partial charge in [-0.3, -0.25) is 9.59 Å². The average molecular weight is 355 g/mol. The molecule has 0 spiro atoms. The minimum Gasteiger partial charge on any atom is -0.463 e. The predicted molar refractivity (Wildman–Crippen MR) is 96.3 cm³/mol. The molecule has 136 valence electrons. The first-order valence-electron chi connectivity index (χ1n) is 8.69. The minimum absolute atomic E-state index is 0.0693. The van der Waals surface area contributed by atoms with Crippen molar-refractivity contribution in [1.29, 1.82) is 0 Å². The molecule has 24 heavy (non-hydrogen) atoms. The lowest BCUT2D eigenvalue weighted by molar-refractivity contribution is -0.161. The van der Waals surface area contributed by atoms with Crippen molar-refractivity contribution in [3.05, 3.63) is 23.9 Å². The van der Waals surface area contributed by atoms with Gasteiger partial charge >= 0.3 is 11.9 Å². The molecule has 0 aromatic carbocycles. The van der Waals surface area contributed by atoms with Crippen LogP contribution >= 0.6 is 0 Å². The van der Waals surface area contributed by atoms with E-state index in [1.807, 2.05) is 12.2 Å².